The van der Waals surface area contributed by atoms with Gasteiger partial charge in [0.25, 0.3) is 0 Å². The van der Waals surface area contributed by atoms with Crippen LogP contribution in [0, 0.1) is 11.8 Å². The molecule has 1 saturated carbocycles. The summed E-state index contributed by atoms with van der Waals surface area (Å²) in [5, 5.41) is 18.2. The van der Waals surface area contributed by atoms with E-state index in [2.05, 4.69) is 24.3 Å². The Labute approximate surface area is 116 Å². The fourth-order valence-electron chi connectivity index (χ4n) is 2.88. The summed E-state index contributed by atoms with van der Waals surface area (Å²) in [5.41, 5.74) is 0.0281. The van der Waals surface area contributed by atoms with Crippen molar-refractivity contribution in [1.82, 2.24) is 15.1 Å². The van der Waals surface area contributed by atoms with Crippen LogP contribution in [0.4, 0.5) is 0 Å². The van der Waals surface area contributed by atoms with Gasteiger partial charge in [-0.2, -0.15) is 5.10 Å². The van der Waals surface area contributed by atoms with Gasteiger partial charge in [-0.3, -0.25) is 4.68 Å². The van der Waals surface area contributed by atoms with Gasteiger partial charge < -0.3 is 10.4 Å². The minimum absolute atomic E-state index is 0.536. The van der Waals surface area contributed by atoms with Crippen LogP contribution >= 0.6 is 0 Å². The molecule has 0 aromatic carbocycles. The van der Waals surface area contributed by atoms with Crippen molar-refractivity contribution in [2.45, 2.75) is 51.7 Å². The van der Waals surface area contributed by atoms with Crippen molar-refractivity contribution >= 4 is 0 Å². The summed E-state index contributed by atoms with van der Waals surface area (Å²) in [6, 6.07) is 0.536. The highest BCUT2D eigenvalue weighted by molar-refractivity contribution is 5.14. The van der Waals surface area contributed by atoms with Crippen LogP contribution < -0.4 is 5.32 Å². The molecule has 0 bridgehead atoms. The molecule has 0 amide bonds. The molecule has 108 valence electrons. The number of aromatic nitrogens is 2. The van der Waals surface area contributed by atoms with Crippen LogP contribution in [0.1, 0.15) is 45.6 Å². The molecule has 2 rings (SSSR count). The van der Waals surface area contributed by atoms with Crippen LogP contribution in [0.15, 0.2) is 12.4 Å². The quantitative estimate of drug-likeness (QED) is 0.876. The molecule has 1 aliphatic rings. The lowest BCUT2D eigenvalue weighted by Crippen LogP contribution is -2.43. The third-order valence-corrected chi connectivity index (χ3v) is 4.66. The normalized spacial score (nSPS) is 31.1. The first-order valence-corrected chi connectivity index (χ1v) is 7.33. The molecule has 1 heterocycles. The van der Waals surface area contributed by atoms with E-state index in [-0.39, 0.29) is 0 Å². The number of rotatable bonds is 4. The van der Waals surface area contributed by atoms with Crippen molar-refractivity contribution in [2.24, 2.45) is 18.9 Å². The maximum absolute atomic E-state index is 10.5. The second-order valence-electron chi connectivity index (χ2n) is 6.52. The maximum atomic E-state index is 10.5. The first kappa shape index (κ1) is 14.5. The smallest absolute Gasteiger partial charge is 0.102 e. The van der Waals surface area contributed by atoms with Gasteiger partial charge >= 0.3 is 0 Å². The Morgan fingerprint density at radius 3 is 2.74 bits per heavy atom. The van der Waals surface area contributed by atoms with E-state index in [1.165, 1.54) is 19.3 Å². The molecular weight excluding hydrogens is 238 g/mol. The highest BCUT2D eigenvalue weighted by Gasteiger charge is 2.28. The molecule has 0 unspecified atom stereocenters. The second-order valence-corrected chi connectivity index (χ2v) is 6.52. The zero-order valence-corrected chi connectivity index (χ0v) is 12.6. The first-order chi connectivity index (χ1) is 8.88. The lowest BCUT2D eigenvalue weighted by atomic mass is 9.79. The average molecular weight is 265 g/mol. The van der Waals surface area contributed by atoms with Crippen molar-refractivity contribution < 1.29 is 5.11 Å². The fourth-order valence-corrected chi connectivity index (χ4v) is 2.88. The van der Waals surface area contributed by atoms with Crippen molar-refractivity contribution in [3.8, 4) is 0 Å². The van der Waals surface area contributed by atoms with E-state index < -0.39 is 5.60 Å². The zero-order chi connectivity index (χ0) is 14.0. The number of hydrogen-bond donors (Lipinski definition) is 2. The van der Waals surface area contributed by atoms with Crippen LogP contribution in [-0.2, 0) is 12.6 Å². The van der Waals surface area contributed by atoms with Crippen LogP contribution in [0.25, 0.3) is 0 Å². The van der Waals surface area contributed by atoms with Crippen molar-refractivity contribution in [3.63, 3.8) is 0 Å². The van der Waals surface area contributed by atoms with E-state index in [1.54, 1.807) is 10.9 Å². The van der Waals surface area contributed by atoms with Crippen LogP contribution in [0.2, 0.25) is 0 Å². The number of nitrogens with zero attached hydrogens (tertiary/aromatic N) is 2. The third kappa shape index (κ3) is 3.57. The van der Waals surface area contributed by atoms with E-state index in [0.29, 0.717) is 12.6 Å². The maximum Gasteiger partial charge on any atom is 0.102 e. The number of aliphatic hydroxyl groups is 1. The Bertz CT molecular complexity index is 413. The Hall–Kier alpha value is -0.870. The molecule has 2 N–H and O–H groups in total. The van der Waals surface area contributed by atoms with Crippen molar-refractivity contribution in [2.75, 3.05) is 6.54 Å². The Kier molecular flexibility index (Phi) is 4.31. The van der Waals surface area contributed by atoms with E-state index in [1.807, 2.05) is 20.2 Å². The molecular formula is C15H27N3O. The predicted octanol–water partition coefficient (Wildman–Crippen LogP) is 2.04. The van der Waals surface area contributed by atoms with Gasteiger partial charge in [0.05, 0.1) is 6.20 Å². The predicted molar refractivity (Wildman–Crippen MR) is 76.7 cm³/mol. The number of aryl methyl sites for hydroxylation is 1. The summed E-state index contributed by atoms with van der Waals surface area (Å²) in [6.45, 7) is 7.11. The topological polar surface area (TPSA) is 50.1 Å². The molecule has 1 aromatic heterocycles. The summed E-state index contributed by atoms with van der Waals surface area (Å²) in [6.07, 6.45) is 7.34. The Morgan fingerprint density at radius 1 is 1.42 bits per heavy atom. The molecule has 1 aromatic rings. The lowest BCUT2D eigenvalue weighted by Gasteiger charge is -2.34. The molecule has 0 radical (unpaired) electrons. The standard InChI is InChI=1S/C15H27N3O/c1-11-5-6-14(7-12(11)2)16-10-15(3,19)13-8-17-18(4)9-13/h8-9,11-12,14,16,19H,5-7,10H2,1-4H3/t11-,12+,14+,15-/m1/s1. The van der Waals surface area contributed by atoms with Crippen molar-refractivity contribution in [3.05, 3.63) is 18.0 Å². The van der Waals surface area contributed by atoms with Gasteiger partial charge in [-0.1, -0.05) is 13.8 Å². The highest BCUT2D eigenvalue weighted by atomic mass is 16.3. The molecule has 1 aliphatic carbocycles. The molecule has 4 nitrogen and oxygen atoms in total. The number of hydrogen-bond acceptors (Lipinski definition) is 3. The summed E-state index contributed by atoms with van der Waals surface area (Å²) in [4.78, 5) is 0. The Balaban J connectivity index is 1.88. The van der Waals surface area contributed by atoms with E-state index in [9.17, 15) is 5.11 Å². The zero-order valence-electron chi connectivity index (χ0n) is 12.6. The van der Waals surface area contributed by atoms with Gasteiger partial charge in [0.15, 0.2) is 0 Å². The summed E-state index contributed by atoms with van der Waals surface area (Å²) < 4.78 is 1.73. The molecule has 19 heavy (non-hydrogen) atoms. The number of nitrogens with one attached hydrogen (secondary N) is 1. The van der Waals surface area contributed by atoms with Gasteiger partial charge in [-0.15, -0.1) is 0 Å². The Morgan fingerprint density at radius 2 is 2.16 bits per heavy atom. The van der Waals surface area contributed by atoms with Crippen LogP contribution in [-0.4, -0.2) is 27.5 Å². The van der Waals surface area contributed by atoms with E-state index in [4.69, 9.17) is 0 Å². The SMILES string of the molecule is C[C@@H]1CC[C@H](NC[C@@](C)(O)c2cnn(C)c2)C[C@@H]1C. The minimum atomic E-state index is -0.847. The van der Waals surface area contributed by atoms with Gasteiger partial charge in [0.2, 0.25) is 0 Å². The van der Waals surface area contributed by atoms with Gasteiger partial charge in [0, 0.05) is 31.4 Å². The van der Waals surface area contributed by atoms with Crippen molar-refractivity contribution in [1.29, 1.82) is 0 Å². The van der Waals surface area contributed by atoms with Crippen LogP contribution in [0.5, 0.6) is 0 Å². The van der Waals surface area contributed by atoms with Gasteiger partial charge in [-0.05, 0) is 38.0 Å². The monoisotopic (exact) mass is 265 g/mol. The molecule has 1 fully saturated rings. The lowest BCUT2D eigenvalue weighted by molar-refractivity contribution is 0.0497. The fraction of sp³-hybridized carbons (Fsp3) is 0.800. The first-order valence-electron chi connectivity index (χ1n) is 7.33. The largest absolute Gasteiger partial charge is 0.384 e. The van der Waals surface area contributed by atoms with E-state index in [0.717, 1.165) is 17.4 Å². The summed E-state index contributed by atoms with van der Waals surface area (Å²) in [5.74, 6) is 1.60. The second kappa shape index (κ2) is 5.63. The summed E-state index contributed by atoms with van der Waals surface area (Å²) in [7, 11) is 1.87. The van der Waals surface area contributed by atoms with Gasteiger partial charge in [0.1, 0.15) is 5.60 Å². The van der Waals surface area contributed by atoms with Gasteiger partial charge in [-0.25, -0.2) is 0 Å². The molecule has 0 spiro atoms. The molecule has 0 aliphatic heterocycles. The third-order valence-electron chi connectivity index (χ3n) is 4.66. The van der Waals surface area contributed by atoms with Crippen LogP contribution in [0.3, 0.4) is 0 Å². The minimum Gasteiger partial charge on any atom is -0.384 e. The molecule has 0 saturated heterocycles. The molecule has 4 atom stereocenters. The highest BCUT2D eigenvalue weighted by Crippen LogP contribution is 2.29. The summed E-state index contributed by atoms with van der Waals surface area (Å²) >= 11 is 0. The van der Waals surface area contributed by atoms with E-state index >= 15 is 0 Å². The molecule has 4 heteroatoms. The average Bonchev–Trinajstić information content (AvgIpc) is 2.78.